The minimum absolute atomic E-state index is 0.0992. The molecule has 0 unspecified atom stereocenters. The van der Waals surface area contributed by atoms with Gasteiger partial charge in [0.25, 0.3) is 0 Å². The fraction of sp³-hybridized carbons (Fsp3) is 0.400. The van der Waals surface area contributed by atoms with Gasteiger partial charge in [0.2, 0.25) is 0 Å². The molecule has 2 aromatic rings. The summed E-state index contributed by atoms with van der Waals surface area (Å²) in [5, 5.41) is 3.99. The minimum Gasteiger partial charge on any atom is -0.224 e. The molecular formula is C10H9ClF3N3. The van der Waals surface area contributed by atoms with Crippen LogP contribution >= 0.6 is 11.6 Å². The minimum atomic E-state index is -4.51. The monoisotopic (exact) mass is 263 g/mol. The van der Waals surface area contributed by atoms with E-state index in [0.29, 0.717) is 5.69 Å². The molecule has 0 spiro atoms. The van der Waals surface area contributed by atoms with Gasteiger partial charge in [-0.15, -0.1) is 0 Å². The third-order valence-electron chi connectivity index (χ3n) is 2.28. The van der Waals surface area contributed by atoms with Crippen molar-refractivity contribution in [1.29, 1.82) is 0 Å². The van der Waals surface area contributed by atoms with Crippen molar-refractivity contribution in [3.63, 3.8) is 0 Å². The van der Waals surface area contributed by atoms with Gasteiger partial charge in [-0.2, -0.15) is 18.3 Å². The second kappa shape index (κ2) is 3.87. The predicted octanol–water partition coefficient (Wildman–Crippen LogP) is 3.52. The van der Waals surface area contributed by atoms with Crippen molar-refractivity contribution in [2.24, 2.45) is 0 Å². The van der Waals surface area contributed by atoms with Gasteiger partial charge in [0.1, 0.15) is 10.8 Å². The smallest absolute Gasteiger partial charge is 0.224 e. The quantitative estimate of drug-likeness (QED) is 0.737. The topological polar surface area (TPSA) is 30.2 Å². The van der Waals surface area contributed by atoms with E-state index in [1.54, 1.807) is 0 Å². The number of aromatic nitrogens is 3. The molecule has 0 bridgehead atoms. The Bertz CT molecular complexity index is 560. The van der Waals surface area contributed by atoms with E-state index < -0.39 is 11.9 Å². The largest absolute Gasteiger partial charge is 0.433 e. The van der Waals surface area contributed by atoms with Crippen LogP contribution in [-0.2, 0) is 6.18 Å². The highest BCUT2D eigenvalue weighted by molar-refractivity contribution is 6.29. The van der Waals surface area contributed by atoms with Crippen LogP contribution in [-0.4, -0.2) is 14.6 Å². The third kappa shape index (κ3) is 2.22. The summed E-state index contributed by atoms with van der Waals surface area (Å²) in [4.78, 5) is 3.50. The molecule has 0 aliphatic carbocycles. The molecule has 2 heterocycles. The first-order valence-electron chi connectivity index (χ1n) is 4.92. The van der Waals surface area contributed by atoms with Crippen LogP contribution in [0.15, 0.2) is 12.1 Å². The number of hydrogen-bond donors (Lipinski definition) is 0. The lowest BCUT2D eigenvalue weighted by molar-refractivity contribution is -0.141. The first kappa shape index (κ1) is 12.2. The number of fused-ring (bicyclic) bond motifs is 1. The van der Waals surface area contributed by atoms with Gasteiger partial charge in [-0.25, -0.2) is 9.50 Å². The van der Waals surface area contributed by atoms with Crippen LogP contribution in [0.4, 0.5) is 13.2 Å². The molecule has 0 atom stereocenters. The third-order valence-corrected chi connectivity index (χ3v) is 2.55. The van der Waals surface area contributed by atoms with Crippen molar-refractivity contribution in [3.05, 3.63) is 28.7 Å². The van der Waals surface area contributed by atoms with Crippen LogP contribution in [0.2, 0.25) is 5.15 Å². The van der Waals surface area contributed by atoms with Crippen molar-refractivity contribution in [3.8, 4) is 0 Å². The van der Waals surface area contributed by atoms with Crippen molar-refractivity contribution in [2.45, 2.75) is 25.9 Å². The Balaban J connectivity index is 2.65. The molecule has 0 aliphatic heterocycles. The van der Waals surface area contributed by atoms with E-state index >= 15 is 0 Å². The average molecular weight is 264 g/mol. The van der Waals surface area contributed by atoms with E-state index in [1.165, 1.54) is 10.6 Å². The Labute approximate surface area is 100 Å². The summed E-state index contributed by atoms with van der Waals surface area (Å²) in [5.74, 6) is 0.0992. The Kier molecular flexibility index (Phi) is 2.77. The van der Waals surface area contributed by atoms with Crippen LogP contribution in [0.3, 0.4) is 0 Å². The summed E-state index contributed by atoms with van der Waals surface area (Å²) < 4.78 is 38.7. The maximum atomic E-state index is 12.5. The predicted molar refractivity (Wildman–Crippen MR) is 57.1 cm³/mol. The highest BCUT2D eigenvalue weighted by Crippen LogP contribution is 2.30. The zero-order chi connectivity index (χ0) is 12.8. The van der Waals surface area contributed by atoms with Crippen LogP contribution < -0.4 is 0 Å². The molecule has 2 aromatic heterocycles. The van der Waals surface area contributed by atoms with Gasteiger partial charge >= 0.3 is 6.18 Å². The molecule has 0 saturated heterocycles. The summed E-state index contributed by atoms with van der Waals surface area (Å²) in [5.41, 5.74) is -0.252. The van der Waals surface area contributed by atoms with Gasteiger partial charge in [0, 0.05) is 12.1 Å². The Morgan fingerprint density at radius 1 is 1.29 bits per heavy atom. The summed E-state index contributed by atoms with van der Waals surface area (Å²) in [7, 11) is 0. The van der Waals surface area contributed by atoms with E-state index in [2.05, 4.69) is 10.1 Å². The Morgan fingerprint density at radius 2 is 1.94 bits per heavy atom. The van der Waals surface area contributed by atoms with Gasteiger partial charge in [0.15, 0.2) is 5.65 Å². The van der Waals surface area contributed by atoms with Crippen LogP contribution in [0.25, 0.3) is 5.65 Å². The number of hydrogen-bond acceptors (Lipinski definition) is 2. The summed E-state index contributed by atoms with van der Waals surface area (Å²) in [6.07, 6.45) is -4.51. The molecule has 0 aliphatic rings. The van der Waals surface area contributed by atoms with Crippen molar-refractivity contribution >= 4 is 17.2 Å². The second-order valence-electron chi connectivity index (χ2n) is 3.96. The van der Waals surface area contributed by atoms with Gasteiger partial charge in [-0.3, -0.25) is 0 Å². The zero-order valence-corrected chi connectivity index (χ0v) is 9.84. The van der Waals surface area contributed by atoms with E-state index in [0.717, 1.165) is 6.07 Å². The normalized spacial score (nSPS) is 12.6. The standard InChI is InChI=1S/C10H9ClF3N3/c1-5(2)6-3-9-15-7(10(12,13)14)4-8(11)17(9)16-6/h3-5H,1-2H3. The van der Waals surface area contributed by atoms with Crippen molar-refractivity contribution in [1.82, 2.24) is 14.6 Å². The molecule has 0 amide bonds. The van der Waals surface area contributed by atoms with Gasteiger partial charge in [0.05, 0.1) is 5.69 Å². The first-order valence-corrected chi connectivity index (χ1v) is 5.30. The number of alkyl halides is 3. The Morgan fingerprint density at radius 3 is 2.47 bits per heavy atom. The molecular weight excluding hydrogens is 255 g/mol. The highest BCUT2D eigenvalue weighted by Gasteiger charge is 2.33. The number of nitrogens with zero attached hydrogens (tertiary/aromatic N) is 3. The molecule has 2 rings (SSSR count). The van der Waals surface area contributed by atoms with E-state index in [-0.39, 0.29) is 16.7 Å². The maximum absolute atomic E-state index is 12.5. The second-order valence-corrected chi connectivity index (χ2v) is 4.34. The lowest BCUT2D eigenvalue weighted by Crippen LogP contribution is -2.09. The van der Waals surface area contributed by atoms with Crippen LogP contribution in [0.5, 0.6) is 0 Å². The molecule has 0 aromatic carbocycles. The first-order chi connectivity index (χ1) is 7.79. The van der Waals surface area contributed by atoms with E-state index in [4.69, 9.17) is 11.6 Å². The summed E-state index contributed by atoms with van der Waals surface area (Å²) in [6.45, 7) is 3.78. The summed E-state index contributed by atoms with van der Waals surface area (Å²) >= 11 is 5.75. The average Bonchev–Trinajstić information content (AvgIpc) is 2.60. The fourth-order valence-electron chi connectivity index (χ4n) is 1.38. The van der Waals surface area contributed by atoms with E-state index in [1.807, 2.05) is 13.8 Å². The molecule has 0 saturated carbocycles. The summed E-state index contributed by atoms with van der Waals surface area (Å²) in [6, 6.07) is 2.28. The molecule has 0 fully saturated rings. The SMILES string of the molecule is CC(C)c1cc2nc(C(F)(F)F)cc(Cl)n2n1. The van der Waals surface area contributed by atoms with Crippen LogP contribution in [0, 0.1) is 0 Å². The van der Waals surface area contributed by atoms with Crippen molar-refractivity contribution < 1.29 is 13.2 Å². The molecule has 92 valence electrons. The van der Waals surface area contributed by atoms with E-state index in [9.17, 15) is 13.2 Å². The lowest BCUT2D eigenvalue weighted by atomic mass is 10.1. The number of rotatable bonds is 1. The zero-order valence-electron chi connectivity index (χ0n) is 9.09. The molecule has 17 heavy (non-hydrogen) atoms. The Hall–Kier alpha value is -1.30. The molecule has 0 N–H and O–H groups in total. The maximum Gasteiger partial charge on any atom is 0.433 e. The van der Waals surface area contributed by atoms with Gasteiger partial charge in [-0.1, -0.05) is 25.4 Å². The fourth-order valence-corrected chi connectivity index (χ4v) is 1.61. The lowest BCUT2D eigenvalue weighted by Gasteiger charge is -2.06. The van der Waals surface area contributed by atoms with Crippen LogP contribution in [0.1, 0.15) is 31.2 Å². The molecule has 7 heteroatoms. The van der Waals surface area contributed by atoms with Gasteiger partial charge < -0.3 is 0 Å². The van der Waals surface area contributed by atoms with Gasteiger partial charge in [-0.05, 0) is 5.92 Å². The molecule has 0 radical (unpaired) electrons. The van der Waals surface area contributed by atoms with Crippen molar-refractivity contribution in [2.75, 3.05) is 0 Å². The molecule has 3 nitrogen and oxygen atoms in total. The number of halogens is 4. The highest BCUT2D eigenvalue weighted by atomic mass is 35.5.